The highest BCUT2D eigenvalue weighted by Crippen LogP contribution is 1.86. The minimum atomic E-state index is -2.87. The third-order valence-corrected chi connectivity index (χ3v) is 2.10. The van der Waals surface area contributed by atoms with Gasteiger partial charge in [0, 0.05) is 19.7 Å². The van der Waals surface area contributed by atoms with Gasteiger partial charge < -0.3 is 5.32 Å². The first-order valence-electron chi connectivity index (χ1n) is 3.34. The molecule has 1 N–H and O–H groups in total. The number of sulfone groups is 1. The highest BCUT2D eigenvalue weighted by molar-refractivity contribution is 7.90. The Labute approximate surface area is 66.9 Å². The van der Waals surface area contributed by atoms with Gasteiger partial charge in [-0.15, -0.1) is 0 Å². The molecule has 0 bridgehead atoms. The average Bonchev–Trinajstić information content (AvgIpc) is 1.78. The van der Waals surface area contributed by atoms with Gasteiger partial charge in [0.1, 0.15) is 9.84 Å². The standard InChI is InChI=1S/C6H13NO3S/c1-6(8)7-4-3-5-11(2,9)10/h3-5H2,1-2H3,(H,7,8). The topological polar surface area (TPSA) is 63.2 Å². The van der Waals surface area contributed by atoms with E-state index in [-0.39, 0.29) is 11.7 Å². The maximum Gasteiger partial charge on any atom is 0.216 e. The van der Waals surface area contributed by atoms with Gasteiger partial charge in [-0.1, -0.05) is 0 Å². The molecular weight excluding hydrogens is 166 g/mol. The molecule has 0 heterocycles. The van der Waals surface area contributed by atoms with Crippen LogP contribution in [0.5, 0.6) is 0 Å². The Morgan fingerprint density at radius 1 is 1.45 bits per heavy atom. The Hall–Kier alpha value is -0.580. The molecule has 0 atom stereocenters. The Kier molecular flexibility index (Phi) is 4.10. The number of hydrogen-bond donors (Lipinski definition) is 1. The second-order valence-corrected chi connectivity index (χ2v) is 4.73. The smallest absolute Gasteiger partial charge is 0.216 e. The van der Waals surface area contributed by atoms with Crippen molar-refractivity contribution in [2.24, 2.45) is 0 Å². The van der Waals surface area contributed by atoms with Crippen LogP contribution in [0.1, 0.15) is 13.3 Å². The quantitative estimate of drug-likeness (QED) is 0.595. The molecular formula is C6H13NO3S. The summed E-state index contributed by atoms with van der Waals surface area (Å²) >= 11 is 0. The SMILES string of the molecule is CC(=O)NCCCS(C)(=O)=O. The van der Waals surface area contributed by atoms with Crippen molar-refractivity contribution in [3.05, 3.63) is 0 Å². The maximum absolute atomic E-state index is 10.6. The molecule has 0 aromatic rings. The van der Waals surface area contributed by atoms with Gasteiger partial charge in [-0.3, -0.25) is 4.79 Å². The minimum Gasteiger partial charge on any atom is -0.356 e. The lowest BCUT2D eigenvalue weighted by atomic mass is 10.5. The summed E-state index contributed by atoms with van der Waals surface area (Å²) in [6.45, 7) is 1.84. The van der Waals surface area contributed by atoms with Crippen molar-refractivity contribution in [1.82, 2.24) is 5.32 Å². The van der Waals surface area contributed by atoms with Gasteiger partial charge in [0.25, 0.3) is 0 Å². The highest BCUT2D eigenvalue weighted by Gasteiger charge is 2.00. The molecule has 66 valence electrons. The number of rotatable bonds is 4. The molecule has 0 aliphatic carbocycles. The van der Waals surface area contributed by atoms with Crippen molar-refractivity contribution >= 4 is 15.7 Å². The third kappa shape index (κ3) is 9.42. The largest absolute Gasteiger partial charge is 0.356 e. The fourth-order valence-electron chi connectivity index (χ4n) is 0.599. The van der Waals surface area contributed by atoms with E-state index in [1.165, 1.54) is 13.2 Å². The second-order valence-electron chi connectivity index (χ2n) is 2.47. The van der Waals surface area contributed by atoms with Gasteiger partial charge in [-0.25, -0.2) is 8.42 Å². The fraction of sp³-hybridized carbons (Fsp3) is 0.833. The van der Waals surface area contributed by atoms with E-state index >= 15 is 0 Å². The molecule has 0 aromatic carbocycles. The number of amides is 1. The molecule has 0 aliphatic heterocycles. The van der Waals surface area contributed by atoms with Crippen LogP contribution in [0.3, 0.4) is 0 Å². The lowest BCUT2D eigenvalue weighted by Crippen LogP contribution is -2.22. The van der Waals surface area contributed by atoms with Crippen molar-refractivity contribution in [2.45, 2.75) is 13.3 Å². The molecule has 1 amide bonds. The zero-order chi connectivity index (χ0) is 8.91. The van der Waals surface area contributed by atoms with Crippen LogP contribution in [-0.2, 0) is 14.6 Å². The van der Waals surface area contributed by atoms with Crippen LogP contribution >= 0.6 is 0 Å². The predicted octanol–water partition coefficient (Wildman–Crippen LogP) is -0.443. The van der Waals surface area contributed by atoms with Crippen molar-refractivity contribution in [3.63, 3.8) is 0 Å². The van der Waals surface area contributed by atoms with Gasteiger partial charge in [0.2, 0.25) is 5.91 Å². The summed E-state index contributed by atoms with van der Waals surface area (Å²) in [5.74, 6) is 0.00583. The van der Waals surface area contributed by atoms with E-state index in [0.717, 1.165) is 0 Å². The molecule has 11 heavy (non-hydrogen) atoms. The van der Waals surface area contributed by atoms with E-state index in [0.29, 0.717) is 13.0 Å². The van der Waals surface area contributed by atoms with E-state index in [1.54, 1.807) is 0 Å². The summed E-state index contributed by atoms with van der Waals surface area (Å²) in [5.41, 5.74) is 0. The van der Waals surface area contributed by atoms with Gasteiger partial charge in [-0.2, -0.15) is 0 Å². The van der Waals surface area contributed by atoms with Crippen LogP contribution < -0.4 is 5.32 Å². The Bertz CT molecular complexity index is 220. The predicted molar refractivity (Wildman–Crippen MR) is 43.0 cm³/mol. The number of nitrogens with one attached hydrogen (secondary N) is 1. The van der Waals surface area contributed by atoms with E-state index in [9.17, 15) is 13.2 Å². The molecule has 0 aromatic heterocycles. The van der Waals surface area contributed by atoms with Gasteiger partial charge in [-0.05, 0) is 6.42 Å². The van der Waals surface area contributed by atoms with Gasteiger partial charge in [0.05, 0.1) is 5.75 Å². The first-order valence-corrected chi connectivity index (χ1v) is 5.40. The van der Waals surface area contributed by atoms with E-state index in [2.05, 4.69) is 5.32 Å². The van der Waals surface area contributed by atoms with Gasteiger partial charge in [0.15, 0.2) is 0 Å². The molecule has 0 rings (SSSR count). The van der Waals surface area contributed by atoms with Crippen LogP contribution in [-0.4, -0.2) is 32.9 Å². The molecule has 4 nitrogen and oxygen atoms in total. The molecule has 0 radical (unpaired) electrons. The number of carbonyl (C=O) groups is 1. The van der Waals surface area contributed by atoms with Crippen LogP contribution in [0.15, 0.2) is 0 Å². The molecule has 0 saturated heterocycles. The Morgan fingerprint density at radius 3 is 2.36 bits per heavy atom. The monoisotopic (exact) mass is 179 g/mol. The van der Waals surface area contributed by atoms with Crippen LogP contribution in [0.4, 0.5) is 0 Å². The number of carbonyl (C=O) groups excluding carboxylic acids is 1. The Morgan fingerprint density at radius 2 is 2.00 bits per heavy atom. The summed E-state index contributed by atoms with van der Waals surface area (Å²) in [4.78, 5) is 10.3. The van der Waals surface area contributed by atoms with Crippen molar-refractivity contribution in [1.29, 1.82) is 0 Å². The summed E-state index contributed by atoms with van der Waals surface area (Å²) in [7, 11) is -2.87. The van der Waals surface area contributed by atoms with Gasteiger partial charge >= 0.3 is 0 Å². The highest BCUT2D eigenvalue weighted by atomic mass is 32.2. The van der Waals surface area contributed by atoms with E-state index < -0.39 is 9.84 Å². The van der Waals surface area contributed by atoms with Crippen molar-refractivity contribution in [3.8, 4) is 0 Å². The molecule has 0 fully saturated rings. The molecule has 5 heteroatoms. The lowest BCUT2D eigenvalue weighted by Gasteiger charge is -1.99. The number of hydrogen-bond acceptors (Lipinski definition) is 3. The molecule has 0 aliphatic rings. The summed E-state index contributed by atoms with van der Waals surface area (Å²) in [6.07, 6.45) is 1.67. The average molecular weight is 179 g/mol. The second kappa shape index (κ2) is 4.33. The summed E-state index contributed by atoms with van der Waals surface area (Å²) in [5, 5.41) is 2.51. The van der Waals surface area contributed by atoms with E-state index in [4.69, 9.17) is 0 Å². The summed E-state index contributed by atoms with van der Waals surface area (Å²) < 4.78 is 21.1. The van der Waals surface area contributed by atoms with E-state index in [1.807, 2.05) is 0 Å². The van der Waals surface area contributed by atoms with Crippen molar-refractivity contribution in [2.75, 3.05) is 18.6 Å². The minimum absolute atomic E-state index is 0.126. The van der Waals surface area contributed by atoms with Crippen LogP contribution in [0.2, 0.25) is 0 Å². The lowest BCUT2D eigenvalue weighted by molar-refractivity contribution is -0.118. The first kappa shape index (κ1) is 10.4. The normalized spacial score (nSPS) is 11.1. The van der Waals surface area contributed by atoms with Crippen LogP contribution in [0, 0.1) is 0 Å². The molecule has 0 unspecified atom stereocenters. The summed E-state index contributed by atoms with van der Waals surface area (Å²) in [6, 6.07) is 0. The fourth-order valence-corrected chi connectivity index (χ4v) is 1.27. The maximum atomic E-state index is 10.6. The molecule has 0 saturated carbocycles. The third-order valence-electron chi connectivity index (χ3n) is 1.07. The van der Waals surface area contributed by atoms with Crippen molar-refractivity contribution < 1.29 is 13.2 Å². The first-order chi connectivity index (χ1) is 4.92. The van der Waals surface area contributed by atoms with Crippen LogP contribution in [0.25, 0.3) is 0 Å². The Balaban J connectivity index is 3.37. The molecule has 0 spiro atoms. The zero-order valence-corrected chi connectivity index (χ0v) is 7.57. The zero-order valence-electron chi connectivity index (χ0n) is 6.75.